The Hall–Kier alpha value is 0. The van der Waals surface area contributed by atoms with Gasteiger partial charge in [-0.3, -0.25) is 0 Å². The first kappa shape index (κ1) is 5.62. The van der Waals surface area contributed by atoms with E-state index in [0.717, 1.165) is 25.7 Å². The molecule has 0 bridgehead atoms. The molecule has 0 radical (unpaired) electrons. The van der Waals surface area contributed by atoms with Crippen LogP contribution in [0, 0.1) is 11.8 Å². The van der Waals surface area contributed by atoms with Gasteiger partial charge in [0.1, 0.15) is 0 Å². The van der Waals surface area contributed by atoms with Gasteiger partial charge in [0.25, 0.3) is 0 Å². The molecule has 1 saturated carbocycles. The van der Waals surface area contributed by atoms with E-state index in [1.165, 1.54) is 12.8 Å². The van der Waals surface area contributed by atoms with Crippen LogP contribution in [0.25, 0.3) is 0 Å². The third kappa shape index (κ3) is 2.32. The molecule has 0 heterocycles. The molecule has 60 valence electrons. The van der Waals surface area contributed by atoms with Gasteiger partial charge in [0.15, 0.2) is 0 Å². The second-order valence-corrected chi connectivity index (χ2v) is 3.52. The van der Waals surface area contributed by atoms with Crippen molar-refractivity contribution in [2.45, 2.75) is 52.4 Å². The fourth-order valence-electron chi connectivity index (χ4n) is 1.66. The molecule has 0 N–H and O–H groups in total. The second-order valence-electron chi connectivity index (χ2n) is 3.52. The van der Waals surface area contributed by atoms with Gasteiger partial charge in [-0.05, 0) is 11.8 Å². The van der Waals surface area contributed by atoms with Gasteiger partial charge in [-0.2, -0.15) is 0 Å². The third-order valence-corrected chi connectivity index (χ3v) is 2.41. The van der Waals surface area contributed by atoms with Crippen molar-refractivity contribution in [3.05, 3.63) is 0 Å². The van der Waals surface area contributed by atoms with Crippen molar-refractivity contribution in [2.75, 3.05) is 0 Å². The lowest BCUT2D eigenvalue weighted by atomic mass is 9.89. The van der Waals surface area contributed by atoms with E-state index in [4.69, 9.17) is 2.74 Å². The zero-order valence-corrected chi connectivity index (χ0v) is 7.24. The topological polar surface area (TPSA) is 0 Å². The Labute approximate surface area is 67.8 Å². The Bertz CT molecular complexity index is 138. The molecule has 1 aliphatic rings. The van der Waals surface area contributed by atoms with Crippen molar-refractivity contribution in [1.29, 1.82) is 0 Å². The number of hydrogen-bond acceptors (Lipinski definition) is 0. The highest BCUT2D eigenvalue weighted by molar-refractivity contribution is 4.66. The molecule has 0 aliphatic heterocycles. The van der Waals surface area contributed by atoms with Crippen LogP contribution in [0.3, 0.4) is 0 Å². The van der Waals surface area contributed by atoms with Crippen molar-refractivity contribution >= 4 is 0 Å². The minimum absolute atomic E-state index is 0.483. The lowest BCUT2D eigenvalue weighted by Crippen LogP contribution is -2.06. The molecule has 0 aromatic carbocycles. The summed E-state index contributed by atoms with van der Waals surface area (Å²) in [5.41, 5.74) is 0. The second kappa shape index (κ2) is 4.00. The van der Waals surface area contributed by atoms with Crippen molar-refractivity contribution < 1.29 is 2.74 Å². The first-order valence-corrected chi connectivity index (χ1v) is 4.46. The van der Waals surface area contributed by atoms with E-state index in [2.05, 4.69) is 0 Å². The summed E-state index contributed by atoms with van der Waals surface area (Å²) in [4.78, 5) is 0. The number of hydrogen-bond donors (Lipinski definition) is 0. The molecular formula is C10H20. The maximum absolute atomic E-state index is 8.22. The van der Waals surface area contributed by atoms with Gasteiger partial charge in [0.05, 0.1) is 0 Å². The zero-order valence-electron chi connectivity index (χ0n) is 9.24. The summed E-state index contributed by atoms with van der Waals surface area (Å²) >= 11 is 0. The van der Waals surface area contributed by atoms with Crippen LogP contribution in [0.5, 0.6) is 0 Å². The summed E-state index contributed by atoms with van der Waals surface area (Å²) in [5.74, 6) is -1.07. The van der Waals surface area contributed by atoms with E-state index in [-0.39, 0.29) is 0 Å². The Morgan fingerprint density at radius 1 is 1.20 bits per heavy atom. The van der Waals surface area contributed by atoms with Gasteiger partial charge in [0, 0.05) is 2.74 Å². The van der Waals surface area contributed by atoms with Crippen LogP contribution in [0.1, 0.15) is 55.1 Å². The van der Waals surface area contributed by atoms with E-state index >= 15 is 0 Å². The normalized spacial score (nSPS) is 30.2. The van der Waals surface area contributed by atoms with Gasteiger partial charge in [-0.15, -0.1) is 0 Å². The molecule has 1 rings (SSSR count). The highest BCUT2D eigenvalue weighted by Gasteiger charge is 2.14. The summed E-state index contributed by atoms with van der Waals surface area (Å²) in [6.07, 6.45) is 6.65. The highest BCUT2D eigenvalue weighted by Crippen LogP contribution is 2.28. The largest absolute Gasteiger partial charge is 0.0625 e. The SMILES string of the molecule is [2H]C(C)(C)C1([2H])CCCCCC1. The predicted molar refractivity (Wildman–Crippen MR) is 46.0 cm³/mol. The van der Waals surface area contributed by atoms with Gasteiger partial charge in [-0.25, -0.2) is 0 Å². The molecule has 0 heteroatoms. The molecule has 10 heavy (non-hydrogen) atoms. The molecule has 0 amide bonds. The molecule has 0 atom stereocenters. The van der Waals surface area contributed by atoms with E-state index in [0.29, 0.717) is 0 Å². The van der Waals surface area contributed by atoms with Crippen LogP contribution in [-0.2, 0) is 0 Å². The van der Waals surface area contributed by atoms with Crippen molar-refractivity contribution in [1.82, 2.24) is 0 Å². The van der Waals surface area contributed by atoms with E-state index in [9.17, 15) is 0 Å². The van der Waals surface area contributed by atoms with Crippen molar-refractivity contribution in [3.8, 4) is 0 Å². The minimum atomic E-state index is -0.586. The summed E-state index contributed by atoms with van der Waals surface area (Å²) in [6.45, 7) is 3.76. The molecule has 0 unspecified atom stereocenters. The first-order chi connectivity index (χ1) is 5.46. The molecule has 0 spiro atoms. The lowest BCUT2D eigenvalue weighted by Gasteiger charge is -2.17. The molecular weight excluding hydrogens is 120 g/mol. The van der Waals surface area contributed by atoms with E-state index in [1.54, 1.807) is 0 Å². The van der Waals surface area contributed by atoms with E-state index < -0.39 is 11.8 Å². The Morgan fingerprint density at radius 3 is 2.10 bits per heavy atom. The van der Waals surface area contributed by atoms with Gasteiger partial charge in [0.2, 0.25) is 0 Å². The smallest absolute Gasteiger partial charge is 0.0305 e. The van der Waals surface area contributed by atoms with E-state index in [1.807, 2.05) is 13.8 Å². The summed E-state index contributed by atoms with van der Waals surface area (Å²) in [5, 5.41) is 0. The Morgan fingerprint density at radius 2 is 1.70 bits per heavy atom. The monoisotopic (exact) mass is 142 g/mol. The molecule has 0 saturated heterocycles. The summed E-state index contributed by atoms with van der Waals surface area (Å²) in [6, 6.07) is 0. The molecule has 1 aliphatic carbocycles. The maximum atomic E-state index is 8.22. The van der Waals surface area contributed by atoms with Crippen LogP contribution in [0.15, 0.2) is 0 Å². The van der Waals surface area contributed by atoms with Crippen LogP contribution >= 0.6 is 0 Å². The summed E-state index contributed by atoms with van der Waals surface area (Å²) < 4.78 is 16.2. The predicted octanol–water partition coefficient (Wildman–Crippen LogP) is 3.61. The molecule has 1 fully saturated rings. The Kier molecular flexibility index (Phi) is 2.25. The average Bonchev–Trinajstić information content (AvgIpc) is 2.12. The standard InChI is InChI=1S/C10H20/c1-9(2)10-7-5-3-4-6-8-10/h9-10H,3-8H2,1-2H3/i9D,10D. The minimum Gasteiger partial charge on any atom is -0.0625 e. The van der Waals surface area contributed by atoms with Crippen LogP contribution < -0.4 is 0 Å². The van der Waals surface area contributed by atoms with Crippen LogP contribution in [0.2, 0.25) is 0 Å². The van der Waals surface area contributed by atoms with Crippen molar-refractivity contribution in [3.63, 3.8) is 0 Å². The van der Waals surface area contributed by atoms with Gasteiger partial charge in [-0.1, -0.05) is 52.4 Å². The van der Waals surface area contributed by atoms with Crippen molar-refractivity contribution in [2.24, 2.45) is 11.8 Å². The quantitative estimate of drug-likeness (QED) is 0.491. The van der Waals surface area contributed by atoms with Crippen LogP contribution in [-0.4, -0.2) is 0 Å². The first-order valence-electron chi connectivity index (χ1n) is 5.46. The van der Waals surface area contributed by atoms with Crippen LogP contribution in [0.4, 0.5) is 0 Å². The number of rotatable bonds is 1. The van der Waals surface area contributed by atoms with Gasteiger partial charge < -0.3 is 0 Å². The third-order valence-electron chi connectivity index (χ3n) is 2.41. The summed E-state index contributed by atoms with van der Waals surface area (Å²) in [7, 11) is 0. The lowest BCUT2D eigenvalue weighted by molar-refractivity contribution is 0.342. The molecule has 0 nitrogen and oxygen atoms in total. The highest BCUT2D eigenvalue weighted by atomic mass is 14.2. The van der Waals surface area contributed by atoms with Gasteiger partial charge >= 0.3 is 0 Å². The fraction of sp³-hybridized carbons (Fsp3) is 1.00. The molecule has 0 aromatic rings. The fourth-order valence-corrected chi connectivity index (χ4v) is 1.66. The average molecular weight is 142 g/mol. The molecule has 0 aromatic heterocycles. The Balaban J connectivity index is 2.67. The maximum Gasteiger partial charge on any atom is 0.0305 e. The zero-order chi connectivity index (χ0) is 9.24.